The molecule has 0 aliphatic carbocycles. The van der Waals surface area contributed by atoms with E-state index in [0.717, 1.165) is 5.56 Å². The molecule has 0 fully saturated rings. The minimum Gasteiger partial charge on any atom is -0.497 e. The van der Waals surface area contributed by atoms with E-state index in [-0.39, 0.29) is 28.4 Å². The Morgan fingerprint density at radius 2 is 1.45 bits per heavy atom. The molecule has 0 spiro atoms. The summed E-state index contributed by atoms with van der Waals surface area (Å²) in [5.41, 5.74) is 1.89. The van der Waals surface area contributed by atoms with Gasteiger partial charge in [0.15, 0.2) is 0 Å². The lowest BCUT2D eigenvalue weighted by atomic mass is 10.1. The fourth-order valence-electron chi connectivity index (χ4n) is 4.70. The highest BCUT2D eigenvalue weighted by atomic mass is 32.2. The average Bonchev–Trinajstić information content (AvgIpc) is 3.23. The van der Waals surface area contributed by atoms with Crippen LogP contribution in [0, 0.1) is 6.92 Å². The fourth-order valence-corrected chi connectivity index (χ4v) is 6.17. The number of benzene rings is 4. The van der Waals surface area contributed by atoms with E-state index in [1.807, 2.05) is 48.5 Å². The number of hydrogen-bond donors (Lipinski definition) is 1. The van der Waals surface area contributed by atoms with Crippen LogP contribution in [0.2, 0.25) is 0 Å². The summed E-state index contributed by atoms with van der Waals surface area (Å²) in [6.07, 6.45) is 0. The fraction of sp³-hybridized carbons (Fsp3) is 0.125. The first kappa shape index (κ1) is 28.4. The molecule has 0 saturated carbocycles. The molecule has 5 rings (SSSR count). The molecule has 1 N–H and O–H groups in total. The molecule has 4 aromatic carbocycles. The van der Waals surface area contributed by atoms with Crippen molar-refractivity contribution in [2.45, 2.75) is 18.4 Å². The lowest BCUT2D eigenvalue weighted by Crippen LogP contribution is -2.32. The molecule has 1 heterocycles. The summed E-state index contributed by atoms with van der Waals surface area (Å²) in [4.78, 5) is 27.3. The minimum absolute atomic E-state index is 0.0231. The van der Waals surface area contributed by atoms with Gasteiger partial charge in [-0.15, -0.1) is 0 Å². The Hall–Kier alpha value is -5.09. The van der Waals surface area contributed by atoms with E-state index in [1.165, 1.54) is 28.2 Å². The highest BCUT2D eigenvalue weighted by Crippen LogP contribution is 2.31. The highest BCUT2D eigenvalue weighted by molar-refractivity contribution is 7.92. The van der Waals surface area contributed by atoms with Gasteiger partial charge in [0.05, 0.1) is 41.2 Å². The third-order valence-electron chi connectivity index (χ3n) is 7.03. The molecule has 10 heteroatoms. The summed E-state index contributed by atoms with van der Waals surface area (Å²) >= 11 is 0. The number of sulfonamides is 1. The number of carbonyl (C=O) groups excluding carboxylic acids is 1. The second-order valence-electron chi connectivity index (χ2n) is 9.58. The van der Waals surface area contributed by atoms with E-state index in [0.29, 0.717) is 17.1 Å². The third kappa shape index (κ3) is 5.44. The van der Waals surface area contributed by atoms with E-state index in [4.69, 9.17) is 4.74 Å². The van der Waals surface area contributed by atoms with Crippen molar-refractivity contribution in [3.05, 3.63) is 136 Å². The van der Waals surface area contributed by atoms with Gasteiger partial charge in [-0.2, -0.15) is 0 Å². The Kier molecular flexibility index (Phi) is 7.99. The van der Waals surface area contributed by atoms with Crippen molar-refractivity contribution in [3.8, 4) is 11.4 Å². The molecule has 0 aliphatic heterocycles. The summed E-state index contributed by atoms with van der Waals surface area (Å²) in [5.74, 6) is -0.0951. The van der Waals surface area contributed by atoms with Gasteiger partial charge in [0.2, 0.25) is 0 Å². The maximum absolute atomic E-state index is 14.1. The Bertz CT molecular complexity index is 1880. The van der Waals surface area contributed by atoms with Crippen molar-refractivity contribution in [2.75, 3.05) is 16.7 Å². The molecule has 9 nitrogen and oxygen atoms in total. The first-order valence-electron chi connectivity index (χ1n) is 13.2. The van der Waals surface area contributed by atoms with Gasteiger partial charge in [-0.05, 0) is 61.0 Å². The summed E-state index contributed by atoms with van der Waals surface area (Å²) in [6.45, 7) is 1.71. The van der Waals surface area contributed by atoms with Gasteiger partial charge >= 0.3 is 0 Å². The summed E-state index contributed by atoms with van der Waals surface area (Å²) < 4.78 is 37.7. The molecule has 0 atom stereocenters. The number of carbonyl (C=O) groups is 1. The van der Waals surface area contributed by atoms with Crippen LogP contribution in [-0.2, 0) is 23.6 Å². The zero-order valence-corrected chi connectivity index (χ0v) is 24.2. The van der Waals surface area contributed by atoms with Crippen LogP contribution in [0.15, 0.2) is 119 Å². The van der Waals surface area contributed by atoms with Crippen LogP contribution in [0.4, 0.5) is 11.4 Å². The van der Waals surface area contributed by atoms with Crippen molar-refractivity contribution in [2.24, 2.45) is 7.05 Å². The van der Waals surface area contributed by atoms with Crippen molar-refractivity contribution < 1.29 is 17.9 Å². The number of aromatic nitrogens is 2. The molecular weight excluding hydrogens is 552 g/mol. The van der Waals surface area contributed by atoms with Gasteiger partial charge in [0.25, 0.3) is 21.5 Å². The molecule has 42 heavy (non-hydrogen) atoms. The van der Waals surface area contributed by atoms with E-state index >= 15 is 0 Å². The molecule has 0 radical (unpaired) electrons. The number of rotatable bonds is 9. The normalized spacial score (nSPS) is 11.2. The van der Waals surface area contributed by atoms with Crippen LogP contribution in [0.1, 0.15) is 21.6 Å². The minimum atomic E-state index is -4.13. The number of nitrogens with one attached hydrogen (secondary N) is 1. The summed E-state index contributed by atoms with van der Waals surface area (Å²) in [7, 11) is -0.898. The van der Waals surface area contributed by atoms with E-state index in [2.05, 4.69) is 5.32 Å². The first-order chi connectivity index (χ1) is 20.2. The molecular formula is C32H30N4O5S. The number of nitrogens with zero attached hydrogens (tertiary/aromatic N) is 3. The molecule has 1 amide bonds. The van der Waals surface area contributed by atoms with E-state index in [9.17, 15) is 18.0 Å². The molecule has 0 unspecified atom stereocenters. The maximum atomic E-state index is 14.1. The summed E-state index contributed by atoms with van der Waals surface area (Å²) in [5, 5.41) is 2.76. The van der Waals surface area contributed by atoms with Gasteiger partial charge in [-0.25, -0.2) is 13.1 Å². The second-order valence-corrected chi connectivity index (χ2v) is 11.4. The number of anilines is 2. The molecule has 214 valence electrons. The molecule has 0 aliphatic rings. The van der Waals surface area contributed by atoms with Crippen LogP contribution >= 0.6 is 0 Å². The number of ether oxygens (including phenoxy) is 1. The van der Waals surface area contributed by atoms with Gasteiger partial charge in [0.1, 0.15) is 11.4 Å². The van der Waals surface area contributed by atoms with Crippen molar-refractivity contribution in [3.63, 3.8) is 0 Å². The lowest BCUT2D eigenvalue weighted by molar-refractivity contribution is 0.102. The summed E-state index contributed by atoms with van der Waals surface area (Å²) in [6, 6.07) is 30.7. The smallest absolute Gasteiger partial charge is 0.295 e. The van der Waals surface area contributed by atoms with Crippen LogP contribution in [-0.4, -0.2) is 30.8 Å². The Morgan fingerprint density at radius 1 is 0.857 bits per heavy atom. The van der Waals surface area contributed by atoms with Crippen LogP contribution in [0.3, 0.4) is 0 Å². The zero-order valence-electron chi connectivity index (χ0n) is 23.4. The van der Waals surface area contributed by atoms with Crippen molar-refractivity contribution in [1.82, 2.24) is 9.36 Å². The largest absolute Gasteiger partial charge is 0.497 e. The van der Waals surface area contributed by atoms with Gasteiger partial charge in [-0.1, -0.05) is 60.7 Å². The molecule has 0 saturated heterocycles. The quantitative estimate of drug-likeness (QED) is 0.259. The van der Waals surface area contributed by atoms with Crippen LogP contribution in [0.25, 0.3) is 5.69 Å². The SMILES string of the molecule is COc1ccc(S(=O)(=O)N(Cc2ccccc2)c2ccccc2C(=O)Nc2c(C)n(C)n(-c3ccccc3)c2=O)cc1. The van der Waals surface area contributed by atoms with E-state index in [1.54, 1.807) is 67.2 Å². The lowest BCUT2D eigenvalue weighted by Gasteiger charge is -2.26. The number of hydrogen-bond acceptors (Lipinski definition) is 5. The standard InChI is InChI=1S/C32H30N4O5S/c1-23-30(32(38)36(34(23)2)25-14-8-5-9-15-25)33-31(37)28-16-10-11-17-29(28)35(22-24-12-6-4-7-13-24)42(39,40)27-20-18-26(41-3)19-21-27/h4-21H,22H2,1-3H3,(H,33,37). The van der Waals surface area contributed by atoms with Crippen molar-refractivity contribution in [1.29, 1.82) is 0 Å². The van der Waals surface area contributed by atoms with E-state index < -0.39 is 21.5 Å². The number of amides is 1. The van der Waals surface area contributed by atoms with Crippen LogP contribution in [0.5, 0.6) is 5.75 Å². The first-order valence-corrected chi connectivity index (χ1v) is 14.6. The van der Waals surface area contributed by atoms with Crippen molar-refractivity contribution >= 4 is 27.3 Å². The van der Waals surface area contributed by atoms with Crippen LogP contribution < -0.4 is 19.9 Å². The zero-order chi connectivity index (χ0) is 29.9. The number of methoxy groups -OCH3 is 1. The third-order valence-corrected chi connectivity index (χ3v) is 8.80. The second kappa shape index (κ2) is 11.8. The predicted molar refractivity (Wildman–Crippen MR) is 163 cm³/mol. The predicted octanol–water partition coefficient (Wildman–Crippen LogP) is 5.14. The van der Waals surface area contributed by atoms with Gasteiger partial charge < -0.3 is 10.1 Å². The topological polar surface area (TPSA) is 103 Å². The highest BCUT2D eigenvalue weighted by Gasteiger charge is 2.29. The maximum Gasteiger partial charge on any atom is 0.295 e. The average molecular weight is 583 g/mol. The molecule has 0 bridgehead atoms. The number of para-hydroxylation sites is 2. The van der Waals surface area contributed by atoms with Gasteiger partial charge in [0, 0.05) is 7.05 Å². The monoisotopic (exact) mass is 582 g/mol. The molecule has 5 aromatic rings. The molecule has 1 aromatic heterocycles. The van der Waals surface area contributed by atoms with Gasteiger partial charge in [-0.3, -0.25) is 18.6 Å². The Labute approximate surface area is 244 Å². The Balaban J connectivity index is 1.58. The Morgan fingerprint density at radius 3 is 2.10 bits per heavy atom.